The van der Waals surface area contributed by atoms with Crippen molar-refractivity contribution in [3.05, 3.63) is 35.4 Å². The first-order valence-electron chi connectivity index (χ1n) is 9.97. The van der Waals surface area contributed by atoms with Crippen LogP contribution in [0.3, 0.4) is 0 Å². The summed E-state index contributed by atoms with van der Waals surface area (Å²) >= 11 is 0. The first-order valence-corrected chi connectivity index (χ1v) is 9.97. The monoisotopic (exact) mass is 422 g/mol. The number of carbonyl (C=O) groups is 3. The van der Waals surface area contributed by atoms with Crippen LogP contribution in [0.25, 0.3) is 0 Å². The summed E-state index contributed by atoms with van der Waals surface area (Å²) in [6.45, 7) is 4.48. The Morgan fingerprint density at radius 3 is 2.40 bits per heavy atom. The van der Waals surface area contributed by atoms with Gasteiger partial charge >= 0.3 is 0 Å². The average molecular weight is 422 g/mol. The Bertz CT molecular complexity index is 760. The lowest BCUT2D eigenvalue weighted by atomic mass is 9.99. The summed E-state index contributed by atoms with van der Waals surface area (Å²) in [6.07, 6.45) is 2.16. The predicted octanol–water partition coefficient (Wildman–Crippen LogP) is 1.96. The zero-order valence-electron chi connectivity index (χ0n) is 17.3. The second-order valence-corrected chi connectivity index (χ2v) is 7.02. The molecule has 0 radical (unpaired) electrons. The standard InChI is InChI=1S/C18H20F2N4O3.C3H8/c19-13-5-11(6-14(20)8-13)1-2-16(25)23-10-17(26)24-15(9-21)7-12-3-4-22-18(12)27;1-3-2/h5-6,8,12,15H,1-4,7,10H2,(H,22,27)(H,23,25)(H,24,26);3H2,1-2H3. The van der Waals surface area contributed by atoms with Gasteiger partial charge in [0.2, 0.25) is 17.7 Å². The first-order chi connectivity index (χ1) is 14.3. The van der Waals surface area contributed by atoms with Crippen molar-refractivity contribution in [2.75, 3.05) is 13.1 Å². The first kappa shape index (κ1) is 25.0. The van der Waals surface area contributed by atoms with E-state index in [-0.39, 0.29) is 37.6 Å². The quantitative estimate of drug-likeness (QED) is 0.595. The van der Waals surface area contributed by atoms with Crippen molar-refractivity contribution in [3.8, 4) is 6.07 Å². The van der Waals surface area contributed by atoms with E-state index in [0.29, 0.717) is 18.5 Å². The van der Waals surface area contributed by atoms with E-state index >= 15 is 0 Å². The fraction of sp³-hybridized carbons (Fsp3) is 0.524. The van der Waals surface area contributed by atoms with Gasteiger partial charge in [-0.15, -0.1) is 0 Å². The molecular weight excluding hydrogens is 394 g/mol. The lowest BCUT2D eigenvalue weighted by molar-refractivity contribution is -0.126. The van der Waals surface area contributed by atoms with Crippen LogP contribution in [-0.4, -0.2) is 36.9 Å². The van der Waals surface area contributed by atoms with Gasteiger partial charge < -0.3 is 16.0 Å². The third-order valence-corrected chi connectivity index (χ3v) is 4.18. The Hall–Kier alpha value is -3.02. The molecule has 7 nitrogen and oxygen atoms in total. The Balaban J connectivity index is 0.00000141. The Labute approximate surface area is 175 Å². The normalized spacial score (nSPS) is 15.8. The lowest BCUT2D eigenvalue weighted by Crippen LogP contribution is -2.42. The summed E-state index contributed by atoms with van der Waals surface area (Å²) in [4.78, 5) is 35.2. The number of amides is 3. The minimum atomic E-state index is -0.821. The third-order valence-electron chi connectivity index (χ3n) is 4.18. The minimum Gasteiger partial charge on any atom is -0.356 e. The summed E-state index contributed by atoms with van der Waals surface area (Å²) in [5.41, 5.74) is 0.339. The summed E-state index contributed by atoms with van der Waals surface area (Å²) in [6, 6.07) is 4.13. The van der Waals surface area contributed by atoms with Gasteiger partial charge in [-0.05, 0) is 37.0 Å². The molecule has 0 aromatic heterocycles. The van der Waals surface area contributed by atoms with Crippen LogP contribution in [0.5, 0.6) is 0 Å². The molecule has 2 atom stereocenters. The van der Waals surface area contributed by atoms with Gasteiger partial charge in [0.05, 0.1) is 12.6 Å². The molecule has 3 N–H and O–H groups in total. The highest BCUT2D eigenvalue weighted by Crippen LogP contribution is 2.15. The van der Waals surface area contributed by atoms with Crippen molar-refractivity contribution in [3.63, 3.8) is 0 Å². The van der Waals surface area contributed by atoms with Gasteiger partial charge in [0.1, 0.15) is 17.7 Å². The molecule has 1 heterocycles. The van der Waals surface area contributed by atoms with E-state index in [1.807, 2.05) is 6.07 Å². The minimum absolute atomic E-state index is 0.0416. The van der Waals surface area contributed by atoms with Crippen molar-refractivity contribution in [1.82, 2.24) is 16.0 Å². The molecule has 2 rings (SSSR count). The molecule has 2 unspecified atom stereocenters. The number of benzene rings is 1. The highest BCUT2D eigenvalue weighted by molar-refractivity contribution is 5.85. The molecule has 1 aliphatic rings. The molecule has 0 spiro atoms. The number of hydrogen-bond donors (Lipinski definition) is 3. The van der Waals surface area contributed by atoms with Crippen LogP contribution in [0.1, 0.15) is 45.1 Å². The molecule has 0 saturated carbocycles. The van der Waals surface area contributed by atoms with Crippen LogP contribution in [-0.2, 0) is 20.8 Å². The molecule has 3 amide bonds. The number of nitrogens with zero attached hydrogens (tertiary/aromatic N) is 1. The summed E-state index contributed by atoms with van der Waals surface area (Å²) in [5.74, 6) is -2.89. The number of rotatable bonds is 8. The van der Waals surface area contributed by atoms with Gasteiger partial charge in [0.15, 0.2) is 0 Å². The smallest absolute Gasteiger partial charge is 0.240 e. The van der Waals surface area contributed by atoms with Gasteiger partial charge in [-0.3, -0.25) is 14.4 Å². The van der Waals surface area contributed by atoms with E-state index < -0.39 is 29.5 Å². The van der Waals surface area contributed by atoms with Crippen molar-refractivity contribution >= 4 is 17.7 Å². The molecule has 1 fully saturated rings. The number of nitriles is 1. The maximum atomic E-state index is 13.1. The van der Waals surface area contributed by atoms with Crippen LogP contribution in [0.2, 0.25) is 0 Å². The number of nitrogens with one attached hydrogen (secondary N) is 3. The van der Waals surface area contributed by atoms with Crippen LogP contribution in [0.15, 0.2) is 18.2 Å². The van der Waals surface area contributed by atoms with E-state index in [1.54, 1.807) is 0 Å². The van der Waals surface area contributed by atoms with E-state index in [0.717, 1.165) is 18.2 Å². The largest absolute Gasteiger partial charge is 0.356 e. The van der Waals surface area contributed by atoms with Gasteiger partial charge in [-0.25, -0.2) is 8.78 Å². The fourth-order valence-electron chi connectivity index (χ4n) is 2.82. The second-order valence-electron chi connectivity index (χ2n) is 7.02. The zero-order valence-corrected chi connectivity index (χ0v) is 17.3. The Kier molecular flexibility index (Phi) is 11.0. The lowest BCUT2D eigenvalue weighted by Gasteiger charge is -2.14. The van der Waals surface area contributed by atoms with Crippen molar-refractivity contribution in [1.29, 1.82) is 5.26 Å². The molecule has 30 heavy (non-hydrogen) atoms. The molecule has 0 bridgehead atoms. The zero-order chi connectivity index (χ0) is 22.5. The molecule has 1 aromatic carbocycles. The number of hydrogen-bond acceptors (Lipinski definition) is 4. The van der Waals surface area contributed by atoms with Crippen LogP contribution < -0.4 is 16.0 Å². The molecule has 164 valence electrons. The number of carbonyl (C=O) groups excluding carboxylic acids is 3. The molecule has 1 saturated heterocycles. The third kappa shape index (κ3) is 9.45. The molecular formula is C21H28F2N4O3. The molecule has 0 aliphatic carbocycles. The van der Waals surface area contributed by atoms with Crippen molar-refractivity contribution in [2.45, 2.75) is 52.0 Å². The van der Waals surface area contributed by atoms with Crippen molar-refractivity contribution < 1.29 is 23.2 Å². The van der Waals surface area contributed by atoms with E-state index in [4.69, 9.17) is 5.26 Å². The van der Waals surface area contributed by atoms with Crippen LogP contribution >= 0.6 is 0 Å². The fourth-order valence-corrected chi connectivity index (χ4v) is 2.82. The summed E-state index contributed by atoms with van der Waals surface area (Å²) in [5, 5.41) is 16.6. The summed E-state index contributed by atoms with van der Waals surface area (Å²) in [7, 11) is 0. The highest BCUT2D eigenvalue weighted by atomic mass is 19.1. The van der Waals surface area contributed by atoms with Crippen LogP contribution in [0.4, 0.5) is 8.78 Å². The van der Waals surface area contributed by atoms with E-state index in [1.165, 1.54) is 6.42 Å². The van der Waals surface area contributed by atoms with Gasteiger partial charge in [0, 0.05) is 24.9 Å². The van der Waals surface area contributed by atoms with Crippen molar-refractivity contribution in [2.24, 2.45) is 5.92 Å². The van der Waals surface area contributed by atoms with E-state index in [2.05, 4.69) is 29.8 Å². The second kappa shape index (κ2) is 13.2. The molecule has 1 aromatic rings. The number of aryl methyl sites for hydroxylation is 1. The molecule has 1 aliphatic heterocycles. The van der Waals surface area contributed by atoms with Gasteiger partial charge in [-0.2, -0.15) is 5.26 Å². The summed E-state index contributed by atoms with van der Waals surface area (Å²) < 4.78 is 26.2. The predicted molar refractivity (Wildman–Crippen MR) is 107 cm³/mol. The number of halogens is 2. The Morgan fingerprint density at radius 2 is 1.87 bits per heavy atom. The van der Waals surface area contributed by atoms with Gasteiger partial charge in [0.25, 0.3) is 0 Å². The van der Waals surface area contributed by atoms with Gasteiger partial charge in [-0.1, -0.05) is 20.3 Å². The topological polar surface area (TPSA) is 111 Å². The molecule has 9 heteroatoms. The average Bonchev–Trinajstić information content (AvgIpc) is 3.08. The maximum Gasteiger partial charge on any atom is 0.240 e. The van der Waals surface area contributed by atoms with Crippen LogP contribution in [0, 0.1) is 28.9 Å². The Morgan fingerprint density at radius 1 is 1.23 bits per heavy atom. The van der Waals surface area contributed by atoms with E-state index in [9.17, 15) is 23.2 Å². The highest BCUT2D eigenvalue weighted by Gasteiger charge is 2.27. The SMILES string of the molecule is CCC.N#CC(CC1CCNC1=O)NC(=O)CNC(=O)CCc1cc(F)cc(F)c1. The maximum absolute atomic E-state index is 13.1.